The third kappa shape index (κ3) is 4.53. The Morgan fingerprint density at radius 2 is 2.07 bits per heavy atom. The van der Waals surface area contributed by atoms with Crippen molar-refractivity contribution in [2.24, 2.45) is 5.92 Å². The van der Waals surface area contributed by atoms with Crippen LogP contribution in [0.1, 0.15) is 43.2 Å². The summed E-state index contributed by atoms with van der Waals surface area (Å²) in [5.74, 6) is 1.08. The summed E-state index contributed by atoms with van der Waals surface area (Å²) in [6.45, 7) is 8.14. The summed E-state index contributed by atoms with van der Waals surface area (Å²) < 4.78 is 11.0. The van der Waals surface area contributed by atoms with Crippen molar-refractivity contribution in [1.82, 2.24) is 20.1 Å². The van der Waals surface area contributed by atoms with E-state index in [9.17, 15) is 4.79 Å². The molecule has 0 saturated carbocycles. The average molecular weight is 370 g/mol. The smallest absolute Gasteiger partial charge is 0.259 e. The van der Waals surface area contributed by atoms with Crippen LogP contribution in [0.25, 0.3) is 0 Å². The number of likely N-dealkylation sites (tertiary alicyclic amines) is 1. The number of amides is 1. The maximum atomic E-state index is 12.7. The number of nitrogens with zero attached hydrogens (tertiary/aromatic N) is 4. The van der Waals surface area contributed by atoms with Crippen molar-refractivity contribution in [3.05, 3.63) is 41.7 Å². The van der Waals surface area contributed by atoms with E-state index >= 15 is 0 Å². The number of carbonyl (C=O) groups is 1. The van der Waals surface area contributed by atoms with Crippen LogP contribution in [0.5, 0.6) is 11.8 Å². The number of aromatic nitrogens is 3. The van der Waals surface area contributed by atoms with Gasteiger partial charge in [-0.05, 0) is 24.6 Å². The second kappa shape index (κ2) is 7.90. The van der Waals surface area contributed by atoms with Crippen molar-refractivity contribution in [1.29, 1.82) is 0 Å². The molecule has 0 N–H and O–H groups in total. The molecule has 7 heteroatoms. The SMILES string of the molecule is COc1ncccc1C(=O)N1CCC(COc2ccc(C(C)(C)C)nn2)C1. The number of hydrogen-bond donors (Lipinski definition) is 0. The first-order valence-corrected chi connectivity index (χ1v) is 9.14. The molecular formula is C20H26N4O3. The molecule has 3 heterocycles. The fourth-order valence-electron chi connectivity index (χ4n) is 3.04. The number of rotatable bonds is 5. The third-order valence-corrected chi connectivity index (χ3v) is 4.64. The van der Waals surface area contributed by atoms with E-state index in [4.69, 9.17) is 9.47 Å². The zero-order valence-corrected chi connectivity index (χ0v) is 16.3. The largest absolute Gasteiger partial charge is 0.480 e. The second-order valence-corrected chi connectivity index (χ2v) is 7.78. The normalized spacial score (nSPS) is 17.0. The van der Waals surface area contributed by atoms with Crippen LogP contribution in [0.15, 0.2) is 30.5 Å². The van der Waals surface area contributed by atoms with Crippen LogP contribution >= 0.6 is 0 Å². The zero-order valence-electron chi connectivity index (χ0n) is 16.3. The van der Waals surface area contributed by atoms with Gasteiger partial charge in [-0.2, -0.15) is 5.10 Å². The van der Waals surface area contributed by atoms with Crippen LogP contribution < -0.4 is 9.47 Å². The molecule has 2 aromatic rings. The Balaban J connectivity index is 1.55. The highest BCUT2D eigenvalue weighted by Gasteiger charge is 2.29. The van der Waals surface area contributed by atoms with Gasteiger partial charge in [-0.1, -0.05) is 20.8 Å². The first kappa shape index (κ1) is 19.1. The summed E-state index contributed by atoms with van der Waals surface area (Å²) in [6.07, 6.45) is 2.50. The maximum Gasteiger partial charge on any atom is 0.259 e. The lowest BCUT2D eigenvalue weighted by atomic mass is 9.92. The average Bonchev–Trinajstić information content (AvgIpc) is 3.14. The summed E-state index contributed by atoms with van der Waals surface area (Å²) in [4.78, 5) is 18.6. The number of carbonyl (C=O) groups excluding carboxylic acids is 1. The number of methoxy groups -OCH3 is 1. The van der Waals surface area contributed by atoms with Crippen molar-refractivity contribution in [2.45, 2.75) is 32.6 Å². The Hall–Kier alpha value is -2.70. The molecule has 1 saturated heterocycles. The van der Waals surface area contributed by atoms with Gasteiger partial charge in [-0.3, -0.25) is 4.79 Å². The van der Waals surface area contributed by atoms with E-state index in [0.717, 1.165) is 12.1 Å². The molecule has 1 aliphatic rings. The van der Waals surface area contributed by atoms with Crippen molar-refractivity contribution in [3.8, 4) is 11.8 Å². The molecule has 1 amide bonds. The second-order valence-electron chi connectivity index (χ2n) is 7.78. The Bertz CT molecular complexity index is 787. The van der Waals surface area contributed by atoms with Crippen molar-refractivity contribution in [3.63, 3.8) is 0 Å². The van der Waals surface area contributed by atoms with Crippen LogP contribution in [0.4, 0.5) is 0 Å². The van der Waals surface area contributed by atoms with Gasteiger partial charge in [0.25, 0.3) is 5.91 Å². The molecule has 1 fully saturated rings. The Morgan fingerprint density at radius 3 is 2.74 bits per heavy atom. The molecule has 144 valence electrons. The molecule has 27 heavy (non-hydrogen) atoms. The van der Waals surface area contributed by atoms with Gasteiger partial charge in [0.05, 0.1) is 19.4 Å². The lowest BCUT2D eigenvalue weighted by Crippen LogP contribution is -2.30. The fraction of sp³-hybridized carbons (Fsp3) is 0.500. The molecule has 7 nitrogen and oxygen atoms in total. The van der Waals surface area contributed by atoms with E-state index in [1.165, 1.54) is 7.11 Å². The molecule has 0 aliphatic carbocycles. The first-order chi connectivity index (χ1) is 12.9. The molecule has 0 bridgehead atoms. The molecule has 3 rings (SSSR count). The van der Waals surface area contributed by atoms with Gasteiger partial charge in [0.1, 0.15) is 5.56 Å². The minimum Gasteiger partial charge on any atom is -0.480 e. The van der Waals surface area contributed by atoms with E-state index in [-0.39, 0.29) is 17.2 Å². The first-order valence-electron chi connectivity index (χ1n) is 9.14. The van der Waals surface area contributed by atoms with Crippen LogP contribution in [-0.4, -0.2) is 52.8 Å². The molecule has 0 radical (unpaired) electrons. The van der Waals surface area contributed by atoms with Crippen LogP contribution in [0, 0.1) is 5.92 Å². The van der Waals surface area contributed by atoms with Gasteiger partial charge in [-0.15, -0.1) is 5.10 Å². The number of pyridine rings is 1. The minimum absolute atomic E-state index is 0.0365. The van der Waals surface area contributed by atoms with Crippen molar-refractivity contribution in [2.75, 3.05) is 26.8 Å². The molecule has 0 aromatic carbocycles. The van der Waals surface area contributed by atoms with Crippen molar-refractivity contribution < 1.29 is 14.3 Å². The quantitative estimate of drug-likeness (QED) is 0.805. The van der Waals surface area contributed by atoms with Gasteiger partial charge in [0.15, 0.2) is 0 Å². The highest BCUT2D eigenvalue weighted by molar-refractivity contribution is 5.96. The Morgan fingerprint density at radius 1 is 1.26 bits per heavy atom. The van der Waals surface area contributed by atoms with E-state index in [0.29, 0.717) is 37.0 Å². The van der Waals surface area contributed by atoms with E-state index < -0.39 is 0 Å². The van der Waals surface area contributed by atoms with Gasteiger partial charge in [0, 0.05) is 36.7 Å². The number of hydrogen-bond acceptors (Lipinski definition) is 6. The van der Waals surface area contributed by atoms with Crippen LogP contribution in [-0.2, 0) is 5.41 Å². The van der Waals surface area contributed by atoms with E-state index in [2.05, 4.69) is 36.0 Å². The Kier molecular flexibility index (Phi) is 5.58. The van der Waals surface area contributed by atoms with Gasteiger partial charge in [0.2, 0.25) is 11.8 Å². The summed E-state index contributed by atoms with van der Waals surface area (Å²) in [5, 5.41) is 8.39. The topological polar surface area (TPSA) is 77.4 Å². The van der Waals surface area contributed by atoms with Gasteiger partial charge >= 0.3 is 0 Å². The monoisotopic (exact) mass is 370 g/mol. The van der Waals surface area contributed by atoms with E-state index in [1.54, 1.807) is 18.3 Å². The van der Waals surface area contributed by atoms with Crippen LogP contribution in [0.2, 0.25) is 0 Å². The molecule has 0 spiro atoms. The predicted molar refractivity (Wildman–Crippen MR) is 101 cm³/mol. The maximum absolute atomic E-state index is 12.7. The molecule has 2 aromatic heterocycles. The van der Waals surface area contributed by atoms with E-state index in [1.807, 2.05) is 17.0 Å². The molecule has 1 aliphatic heterocycles. The van der Waals surface area contributed by atoms with Crippen LogP contribution in [0.3, 0.4) is 0 Å². The summed E-state index contributed by atoms with van der Waals surface area (Å²) >= 11 is 0. The molecule has 1 atom stereocenters. The number of ether oxygens (including phenoxy) is 2. The predicted octanol–water partition coefficient (Wildman–Crippen LogP) is 2.72. The lowest BCUT2D eigenvalue weighted by molar-refractivity contribution is 0.0778. The molecule has 1 unspecified atom stereocenters. The summed E-state index contributed by atoms with van der Waals surface area (Å²) in [5.41, 5.74) is 1.38. The standard InChI is InChI=1S/C20H26N4O3/c1-20(2,3)16-7-8-17(23-22-16)27-13-14-9-11-24(12-14)19(25)15-6-5-10-21-18(15)26-4/h5-8,10,14H,9,11-13H2,1-4H3. The van der Waals surface area contributed by atoms with Gasteiger partial charge < -0.3 is 14.4 Å². The van der Waals surface area contributed by atoms with Gasteiger partial charge in [-0.25, -0.2) is 4.98 Å². The fourth-order valence-corrected chi connectivity index (χ4v) is 3.04. The highest BCUT2D eigenvalue weighted by Crippen LogP contribution is 2.24. The Labute approximate surface area is 159 Å². The lowest BCUT2D eigenvalue weighted by Gasteiger charge is -2.18. The minimum atomic E-state index is -0.0585. The molecular weight excluding hydrogens is 344 g/mol. The van der Waals surface area contributed by atoms with Crippen molar-refractivity contribution >= 4 is 5.91 Å². The highest BCUT2D eigenvalue weighted by atomic mass is 16.5. The summed E-state index contributed by atoms with van der Waals surface area (Å²) in [7, 11) is 1.52. The zero-order chi connectivity index (χ0) is 19.4. The third-order valence-electron chi connectivity index (χ3n) is 4.64. The summed E-state index contributed by atoms with van der Waals surface area (Å²) in [6, 6.07) is 7.28.